The molecular formula is C16H30O. The summed E-state index contributed by atoms with van der Waals surface area (Å²) in [6, 6.07) is 0. The lowest BCUT2D eigenvalue weighted by molar-refractivity contribution is 0.282. The first-order valence-corrected chi connectivity index (χ1v) is 7.34. The number of allylic oxidation sites excluding steroid dienone is 4. The molecule has 0 saturated carbocycles. The summed E-state index contributed by atoms with van der Waals surface area (Å²) in [4.78, 5) is 0. The van der Waals surface area contributed by atoms with E-state index in [-0.39, 0.29) is 0 Å². The Kier molecular flexibility index (Phi) is 14.9. The molecule has 17 heavy (non-hydrogen) atoms. The van der Waals surface area contributed by atoms with Crippen LogP contribution in [0.3, 0.4) is 0 Å². The lowest BCUT2D eigenvalue weighted by Crippen LogP contribution is -1.83. The van der Waals surface area contributed by atoms with Crippen LogP contribution >= 0.6 is 0 Å². The van der Waals surface area contributed by atoms with E-state index in [4.69, 9.17) is 5.11 Å². The van der Waals surface area contributed by atoms with Gasteiger partial charge in [0.25, 0.3) is 0 Å². The van der Waals surface area contributed by atoms with Gasteiger partial charge in [-0.05, 0) is 25.7 Å². The Morgan fingerprint density at radius 3 is 1.82 bits per heavy atom. The van der Waals surface area contributed by atoms with Gasteiger partial charge in [0.1, 0.15) is 0 Å². The number of hydrogen-bond acceptors (Lipinski definition) is 1. The normalized spacial score (nSPS) is 11.9. The molecule has 0 aliphatic carbocycles. The summed E-state index contributed by atoms with van der Waals surface area (Å²) in [5.41, 5.74) is 0. The van der Waals surface area contributed by atoms with Crippen molar-refractivity contribution < 1.29 is 5.11 Å². The van der Waals surface area contributed by atoms with Gasteiger partial charge >= 0.3 is 0 Å². The number of aliphatic hydroxyl groups excluding tert-OH is 1. The summed E-state index contributed by atoms with van der Waals surface area (Å²) in [6.45, 7) is 2.56. The van der Waals surface area contributed by atoms with Gasteiger partial charge in [-0.3, -0.25) is 0 Å². The molecule has 0 aliphatic rings. The fourth-order valence-electron chi connectivity index (χ4n) is 1.77. The van der Waals surface area contributed by atoms with Crippen LogP contribution in [0.2, 0.25) is 0 Å². The molecule has 0 aromatic heterocycles. The van der Waals surface area contributed by atoms with E-state index < -0.39 is 0 Å². The summed E-state index contributed by atoms with van der Waals surface area (Å²) in [5.74, 6) is 0. The van der Waals surface area contributed by atoms with Crippen molar-refractivity contribution in [3.05, 3.63) is 24.3 Å². The minimum atomic E-state index is 0.357. The third-order valence-corrected chi connectivity index (χ3v) is 2.87. The quantitative estimate of drug-likeness (QED) is 0.374. The van der Waals surface area contributed by atoms with Gasteiger partial charge in [-0.1, -0.05) is 69.8 Å². The van der Waals surface area contributed by atoms with Gasteiger partial charge in [-0.2, -0.15) is 0 Å². The molecule has 0 bridgehead atoms. The number of hydrogen-bond donors (Lipinski definition) is 1. The molecule has 0 aliphatic heterocycles. The standard InChI is InChI=1S/C16H30O/c1-2-3-4-5-6-7-8-9-10-11-12-13-14-15-16-17/h4-7,17H,2-3,8-16H2,1H3/b5-4-,7-6+. The van der Waals surface area contributed by atoms with E-state index in [2.05, 4.69) is 31.2 Å². The van der Waals surface area contributed by atoms with Gasteiger partial charge in [0.05, 0.1) is 0 Å². The van der Waals surface area contributed by atoms with Crippen LogP contribution in [0.25, 0.3) is 0 Å². The molecule has 0 saturated heterocycles. The van der Waals surface area contributed by atoms with Crippen molar-refractivity contribution >= 4 is 0 Å². The summed E-state index contributed by atoms with van der Waals surface area (Å²) in [6.07, 6.45) is 21.3. The van der Waals surface area contributed by atoms with Crippen LogP contribution in [-0.2, 0) is 0 Å². The van der Waals surface area contributed by atoms with Crippen LogP contribution in [0.1, 0.15) is 71.1 Å². The molecule has 0 unspecified atom stereocenters. The van der Waals surface area contributed by atoms with E-state index in [1.807, 2.05) is 0 Å². The van der Waals surface area contributed by atoms with Gasteiger partial charge in [-0.15, -0.1) is 0 Å². The van der Waals surface area contributed by atoms with E-state index in [1.165, 1.54) is 57.8 Å². The molecule has 1 heteroatoms. The maximum Gasteiger partial charge on any atom is 0.0431 e. The molecule has 0 aromatic carbocycles. The average molecular weight is 238 g/mol. The van der Waals surface area contributed by atoms with E-state index in [1.54, 1.807) is 0 Å². The molecule has 1 nitrogen and oxygen atoms in total. The summed E-state index contributed by atoms with van der Waals surface area (Å²) >= 11 is 0. The Morgan fingerprint density at radius 1 is 0.706 bits per heavy atom. The van der Waals surface area contributed by atoms with Crippen molar-refractivity contribution in [3.63, 3.8) is 0 Å². The third-order valence-electron chi connectivity index (χ3n) is 2.87. The largest absolute Gasteiger partial charge is 0.396 e. The van der Waals surface area contributed by atoms with Crippen molar-refractivity contribution in [1.29, 1.82) is 0 Å². The molecule has 1 N–H and O–H groups in total. The third kappa shape index (κ3) is 15.4. The Balaban J connectivity index is 3.07. The van der Waals surface area contributed by atoms with Gasteiger partial charge in [-0.25, -0.2) is 0 Å². The number of rotatable bonds is 12. The van der Waals surface area contributed by atoms with Crippen LogP contribution in [0, 0.1) is 0 Å². The molecule has 0 amide bonds. The van der Waals surface area contributed by atoms with E-state index in [0.717, 1.165) is 6.42 Å². The zero-order valence-corrected chi connectivity index (χ0v) is 11.5. The Labute approximate surface area is 108 Å². The maximum absolute atomic E-state index is 8.63. The van der Waals surface area contributed by atoms with Gasteiger partial charge < -0.3 is 5.11 Å². The second kappa shape index (κ2) is 15.4. The minimum absolute atomic E-state index is 0.357. The first-order chi connectivity index (χ1) is 8.41. The van der Waals surface area contributed by atoms with Gasteiger partial charge in [0, 0.05) is 6.61 Å². The second-order valence-electron chi connectivity index (χ2n) is 4.63. The van der Waals surface area contributed by atoms with Crippen molar-refractivity contribution in [1.82, 2.24) is 0 Å². The first kappa shape index (κ1) is 16.4. The fourth-order valence-corrected chi connectivity index (χ4v) is 1.77. The highest BCUT2D eigenvalue weighted by molar-refractivity contribution is 5.02. The first-order valence-electron chi connectivity index (χ1n) is 7.34. The maximum atomic E-state index is 8.63. The summed E-state index contributed by atoms with van der Waals surface area (Å²) in [5, 5.41) is 8.63. The van der Waals surface area contributed by atoms with Crippen LogP contribution in [0.5, 0.6) is 0 Å². The number of aliphatic hydroxyl groups is 1. The number of unbranched alkanes of at least 4 members (excludes halogenated alkanes) is 8. The Hall–Kier alpha value is -0.560. The van der Waals surface area contributed by atoms with Crippen LogP contribution < -0.4 is 0 Å². The zero-order valence-electron chi connectivity index (χ0n) is 11.5. The smallest absolute Gasteiger partial charge is 0.0431 e. The monoisotopic (exact) mass is 238 g/mol. The van der Waals surface area contributed by atoms with Crippen LogP contribution in [-0.4, -0.2) is 11.7 Å². The van der Waals surface area contributed by atoms with E-state index in [9.17, 15) is 0 Å². The van der Waals surface area contributed by atoms with Crippen LogP contribution in [0.15, 0.2) is 24.3 Å². The lowest BCUT2D eigenvalue weighted by atomic mass is 10.1. The van der Waals surface area contributed by atoms with Crippen molar-refractivity contribution in [2.75, 3.05) is 6.61 Å². The van der Waals surface area contributed by atoms with Gasteiger partial charge in [0.2, 0.25) is 0 Å². The molecule has 0 fully saturated rings. The molecule has 0 spiro atoms. The van der Waals surface area contributed by atoms with Crippen molar-refractivity contribution in [3.8, 4) is 0 Å². The molecular weight excluding hydrogens is 208 g/mol. The zero-order chi connectivity index (χ0) is 12.6. The topological polar surface area (TPSA) is 20.2 Å². The Bertz CT molecular complexity index is 182. The minimum Gasteiger partial charge on any atom is -0.396 e. The second-order valence-corrected chi connectivity index (χ2v) is 4.63. The highest BCUT2D eigenvalue weighted by atomic mass is 16.2. The molecule has 0 rings (SSSR count). The van der Waals surface area contributed by atoms with Crippen molar-refractivity contribution in [2.24, 2.45) is 0 Å². The summed E-state index contributed by atoms with van der Waals surface area (Å²) in [7, 11) is 0. The van der Waals surface area contributed by atoms with E-state index in [0.29, 0.717) is 6.61 Å². The van der Waals surface area contributed by atoms with Crippen LogP contribution in [0.4, 0.5) is 0 Å². The predicted octanol–water partition coefficient (Wildman–Crippen LogP) is 5.01. The highest BCUT2D eigenvalue weighted by Gasteiger charge is 1.90. The lowest BCUT2D eigenvalue weighted by Gasteiger charge is -1.99. The predicted molar refractivity (Wildman–Crippen MR) is 77.2 cm³/mol. The average Bonchev–Trinajstić information content (AvgIpc) is 2.35. The molecule has 0 aromatic rings. The summed E-state index contributed by atoms with van der Waals surface area (Å²) < 4.78 is 0. The highest BCUT2D eigenvalue weighted by Crippen LogP contribution is 2.08. The van der Waals surface area contributed by atoms with E-state index >= 15 is 0 Å². The Morgan fingerprint density at radius 2 is 1.24 bits per heavy atom. The van der Waals surface area contributed by atoms with Crippen molar-refractivity contribution in [2.45, 2.75) is 71.1 Å². The fraction of sp³-hybridized carbons (Fsp3) is 0.750. The molecule has 0 radical (unpaired) electrons. The molecule has 0 heterocycles. The van der Waals surface area contributed by atoms with Gasteiger partial charge in [0.15, 0.2) is 0 Å². The SMILES string of the molecule is CCC/C=C\C=C\CCCCCCCCCO. The molecule has 0 atom stereocenters. The molecule has 100 valence electrons.